The van der Waals surface area contributed by atoms with Gasteiger partial charge in [0.05, 0.1) is 38.4 Å². The Morgan fingerprint density at radius 2 is 1.92 bits per heavy atom. The van der Waals surface area contributed by atoms with Gasteiger partial charge in [0.1, 0.15) is 11.5 Å². The number of carbonyl (C=O) groups excluding carboxylic acids is 4. The molecule has 1 aromatic heterocycles. The Morgan fingerprint density at radius 1 is 1.14 bits per heavy atom. The summed E-state index contributed by atoms with van der Waals surface area (Å²) < 4.78 is 15.9. The molecule has 1 atom stereocenters. The third-order valence-corrected chi connectivity index (χ3v) is 5.32. The van der Waals surface area contributed by atoms with Crippen molar-refractivity contribution >= 4 is 24.2 Å². The molecule has 0 aliphatic heterocycles. The summed E-state index contributed by atoms with van der Waals surface area (Å²) in [7, 11) is 1.28. The van der Waals surface area contributed by atoms with E-state index < -0.39 is 23.7 Å². The molecule has 11 nitrogen and oxygen atoms in total. The SMILES string of the molecule is CCCCCC(CN(O)C=O)C(=O)NCNC(=O)c1ccc(-c2cc(OCC)cc(C(=O)OC)c2)o1. The number of nitrogens with one attached hydrogen (secondary N) is 2. The van der Waals surface area contributed by atoms with Crippen LogP contribution >= 0.6 is 0 Å². The van der Waals surface area contributed by atoms with Crippen molar-refractivity contribution in [2.24, 2.45) is 5.92 Å². The molecule has 0 fully saturated rings. The number of hydrogen-bond acceptors (Lipinski definition) is 8. The number of hydroxylamine groups is 2. The lowest BCUT2D eigenvalue weighted by Crippen LogP contribution is -2.42. The number of esters is 1. The van der Waals surface area contributed by atoms with Gasteiger partial charge < -0.3 is 24.5 Å². The molecule has 0 aliphatic carbocycles. The largest absolute Gasteiger partial charge is 0.494 e. The van der Waals surface area contributed by atoms with E-state index in [0.717, 1.165) is 19.3 Å². The fraction of sp³-hybridized carbons (Fsp3) is 0.440. The summed E-state index contributed by atoms with van der Waals surface area (Å²) in [6.07, 6.45) is 3.39. The molecule has 2 aromatic rings. The molecule has 1 heterocycles. The van der Waals surface area contributed by atoms with Gasteiger partial charge in [-0.05, 0) is 43.7 Å². The molecule has 0 saturated heterocycles. The smallest absolute Gasteiger partial charge is 0.338 e. The monoisotopic (exact) mass is 503 g/mol. The maximum absolute atomic E-state index is 12.5. The first kappa shape index (κ1) is 28.4. The highest BCUT2D eigenvalue weighted by molar-refractivity contribution is 5.93. The molecule has 0 aliphatic rings. The standard InChI is InChI=1S/C25H33N3O8/c1-4-6-7-8-17(14-28(33)16-29)23(30)26-15-27-24(31)22-10-9-21(36-22)18-11-19(25(32)34-3)13-20(12-18)35-5-2/h9-13,16-17,33H,4-8,14-15H2,1-3H3,(H,26,30)(H,27,31). The summed E-state index contributed by atoms with van der Waals surface area (Å²) in [4.78, 5) is 47.7. The third-order valence-electron chi connectivity index (χ3n) is 5.32. The van der Waals surface area contributed by atoms with E-state index >= 15 is 0 Å². The topological polar surface area (TPSA) is 147 Å². The number of ether oxygens (including phenoxy) is 2. The van der Waals surface area contributed by atoms with Gasteiger partial charge in [-0.2, -0.15) is 0 Å². The summed E-state index contributed by atoms with van der Waals surface area (Å²) in [5.74, 6) is -1.31. The van der Waals surface area contributed by atoms with Crippen molar-refractivity contribution < 1.29 is 38.3 Å². The van der Waals surface area contributed by atoms with Crippen molar-refractivity contribution in [3.63, 3.8) is 0 Å². The minimum Gasteiger partial charge on any atom is -0.494 e. The Labute approximate surface area is 209 Å². The van der Waals surface area contributed by atoms with E-state index in [1.165, 1.54) is 13.2 Å². The van der Waals surface area contributed by atoms with Crippen LogP contribution in [0.1, 0.15) is 60.4 Å². The number of rotatable bonds is 15. The Hall–Kier alpha value is -3.86. The summed E-state index contributed by atoms with van der Waals surface area (Å²) in [5.41, 5.74) is 0.792. The molecule has 1 aromatic carbocycles. The third kappa shape index (κ3) is 8.42. The predicted molar refractivity (Wildman–Crippen MR) is 129 cm³/mol. The predicted octanol–water partition coefficient (Wildman–Crippen LogP) is 2.98. The number of methoxy groups -OCH3 is 1. The van der Waals surface area contributed by atoms with Crippen LogP contribution in [-0.2, 0) is 14.3 Å². The Kier molecular flexibility index (Phi) is 11.4. The van der Waals surface area contributed by atoms with Crippen LogP contribution in [0, 0.1) is 5.92 Å². The van der Waals surface area contributed by atoms with Crippen molar-refractivity contribution in [3.05, 3.63) is 41.7 Å². The van der Waals surface area contributed by atoms with E-state index in [4.69, 9.17) is 13.9 Å². The Balaban J connectivity index is 2.02. The first-order valence-electron chi connectivity index (χ1n) is 11.8. The van der Waals surface area contributed by atoms with Crippen LogP contribution in [0.4, 0.5) is 0 Å². The molecule has 0 spiro atoms. The molecule has 3 N–H and O–H groups in total. The molecule has 0 radical (unpaired) electrons. The molecular formula is C25H33N3O8. The summed E-state index contributed by atoms with van der Waals surface area (Å²) in [6, 6.07) is 7.85. The highest BCUT2D eigenvalue weighted by Crippen LogP contribution is 2.28. The zero-order chi connectivity index (χ0) is 26.5. The van der Waals surface area contributed by atoms with E-state index in [9.17, 15) is 24.4 Å². The number of hydrogen-bond donors (Lipinski definition) is 3. The number of amides is 3. The lowest BCUT2D eigenvalue weighted by molar-refractivity contribution is -0.154. The number of unbranched alkanes of at least 4 members (excludes halogenated alkanes) is 2. The van der Waals surface area contributed by atoms with Gasteiger partial charge in [-0.3, -0.25) is 19.6 Å². The summed E-state index contributed by atoms with van der Waals surface area (Å²) >= 11 is 0. The second-order valence-corrected chi connectivity index (χ2v) is 7.98. The van der Waals surface area contributed by atoms with Crippen LogP contribution < -0.4 is 15.4 Å². The van der Waals surface area contributed by atoms with Crippen LogP contribution in [-0.4, -0.2) is 61.4 Å². The average molecular weight is 504 g/mol. The first-order chi connectivity index (χ1) is 17.3. The highest BCUT2D eigenvalue weighted by Gasteiger charge is 2.21. The molecule has 196 valence electrons. The van der Waals surface area contributed by atoms with Crippen molar-refractivity contribution in [2.45, 2.75) is 39.5 Å². The van der Waals surface area contributed by atoms with Crippen molar-refractivity contribution in [2.75, 3.05) is 26.9 Å². The quantitative estimate of drug-likeness (QED) is 0.0839. The lowest BCUT2D eigenvalue weighted by Gasteiger charge is -2.19. The Morgan fingerprint density at radius 3 is 2.58 bits per heavy atom. The normalized spacial score (nSPS) is 11.3. The van der Waals surface area contributed by atoms with Gasteiger partial charge in [-0.15, -0.1) is 0 Å². The van der Waals surface area contributed by atoms with Crippen molar-refractivity contribution in [1.82, 2.24) is 15.7 Å². The first-order valence-corrected chi connectivity index (χ1v) is 11.8. The van der Waals surface area contributed by atoms with Crippen LogP contribution in [0.5, 0.6) is 5.75 Å². The van der Waals surface area contributed by atoms with Gasteiger partial charge in [-0.1, -0.05) is 26.2 Å². The van der Waals surface area contributed by atoms with Crippen LogP contribution in [0.15, 0.2) is 34.7 Å². The molecule has 36 heavy (non-hydrogen) atoms. The number of benzene rings is 1. The minimum absolute atomic E-state index is 0.00247. The molecule has 3 amide bonds. The summed E-state index contributed by atoms with van der Waals surface area (Å²) in [6.45, 7) is 3.93. The Bertz CT molecular complexity index is 1040. The van der Waals surface area contributed by atoms with Gasteiger partial charge in [0.15, 0.2) is 5.76 Å². The fourth-order valence-corrected chi connectivity index (χ4v) is 3.50. The molecular weight excluding hydrogens is 470 g/mol. The van der Waals surface area contributed by atoms with Gasteiger partial charge >= 0.3 is 5.97 Å². The number of furan rings is 1. The van der Waals surface area contributed by atoms with Crippen molar-refractivity contribution in [3.8, 4) is 17.1 Å². The zero-order valence-corrected chi connectivity index (χ0v) is 20.7. The average Bonchev–Trinajstić information content (AvgIpc) is 3.38. The van der Waals surface area contributed by atoms with E-state index in [1.54, 1.807) is 24.3 Å². The molecule has 0 bridgehead atoms. The van der Waals surface area contributed by atoms with Gasteiger partial charge in [-0.25, -0.2) is 9.86 Å². The number of nitrogens with zero attached hydrogens (tertiary/aromatic N) is 1. The van der Waals surface area contributed by atoms with E-state index in [1.807, 2.05) is 13.8 Å². The van der Waals surface area contributed by atoms with Gasteiger partial charge in [0, 0.05) is 5.56 Å². The molecule has 1 unspecified atom stereocenters. The molecule has 0 saturated carbocycles. The highest BCUT2D eigenvalue weighted by atomic mass is 16.5. The number of carbonyl (C=O) groups is 4. The van der Waals surface area contributed by atoms with E-state index in [0.29, 0.717) is 35.2 Å². The van der Waals surface area contributed by atoms with Gasteiger partial charge in [0.2, 0.25) is 12.3 Å². The van der Waals surface area contributed by atoms with Gasteiger partial charge in [0.25, 0.3) is 5.91 Å². The lowest BCUT2D eigenvalue weighted by atomic mass is 10.0. The maximum Gasteiger partial charge on any atom is 0.338 e. The molecule has 2 rings (SSSR count). The van der Waals surface area contributed by atoms with Crippen LogP contribution in [0.3, 0.4) is 0 Å². The molecule has 11 heteroatoms. The van der Waals surface area contributed by atoms with Crippen LogP contribution in [0.2, 0.25) is 0 Å². The van der Waals surface area contributed by atoms with Crippen LogP contribution in [0.25, 0.3) is 11.3 Å². The zero-order valence-electron chi connectivity index (χ0n) is 20.7. The summed E-state index contributed by atoms with van der Waals surface area (Å²) in [5, 5.41) is 15.0. The maximum atomic E-state index is 12.5. The van der Waals surface area contributed by atoms with Crippen molar-refractivity contribution in [1.29, 1.82) is 0 Å². The second kappa shape index (κ2) is 14.5. The fourth-order valence-electron chi connectivity index (χ4n) is 3.50. The second-order valence-electron chi connectivity index (χ2n) is 7.98. The minimum atomic E-state index is -0.611. The van der Waals surface area contributed by atoms with E-state index in [-0.39, 0.29) is 30.9 Å². The van der Waals surface area contributed by atoms with E-state index in [2.05, 4.69) is 10.6 Å².